The Labute approximate surface area is 135 Å². The predicted molar refractivity (Wildman–Crippen MR) is 85.0 cm³/mol. The number of aryl methyl sites for hydroxylation is 1. The van der Waals surface area contributed by atoms with Gasteiger partial charge in [0.15, 0.2) is 0 Å². The zero-order chi connectivity index (χ0) is 17.2. The number of nitrogens with zero attached hydrogens (tertiary/aromatic N) is 1. The number of likely N-dealkylation sites (tertiary alicyclic amines) is 1. The fourth-order valence-corrected chi connectivity index (χ4v) is 4.13. The molecular weight excluding hydrogens is 320 g/mol. The molecule has 0 bridgehead atoms. The van der Waals surface area contributed by atoms with Gasteiger partial charge in [0.1, 0.15) is 0 Å². The maximum atomic E-state index is 12.5. The maximum Gasteiger partial charge on any atom is 0.335 e. The first-order chi connectivity index (χ1) is 10.7. The van der Waals surface area contributed by atoms with Crippen molar-refractivity contribution >= 4 is 21.9 Å². The summed E-state index contributed by atoms with van der Waals surface area (Å²) in [6, 6.07) is 4.42. The van der Waals surface area contributed by atoms with Crippen molar-refractivity contribution in [2.75, 3.05) is 19.6 Å². The van der Waals surface area contributed by atoms with Crippen LogP contribution in [0.5, 0.6) is 0 Å². The second kappa shape index (κ2) is 6.67. The Kier molecular flexibility index (Phi) is 5.06. The second-order valence-corrected chi connectivity index (χ2v) is 7.64. The van der Waals surface area contributed by atoms with Gasteiger partial charge in [0.2, 0.25) is 10.0 Å². The van der Waals surface area contributed by atoms with Gasteiger partial charge in [-0.3, -0.25) is 4.79 Å². The molecule has 23 heavy (non-hydrogen) atoms. The first-order valence-corrected chi connectivity index (χ1v) is 8.92. The highest BCUT2D eigenvalue weighted by molar-refractivity contribution is 7.90. The number of rotatable bonds is 5. The van der Waals surface area contributed by atoms with E-state index >= 15 is 0 Å². The van der Waals surface area contributed by atoms with E-state index in [0.717, 1.165) is 0 Å². The van der Waals surface area contributed by atoms with Crippen molar-refractivity contribution in [1.29, 1.82) is 0 Å². The summed E-state index contributed by atoms with van der Waals surface area (Å²) in [7, 11) is -3.43. The third-order valence-corrected chi connectivity index (χ3v) is 5.74. The van der Waals surface area contributed by atoms with Gasteiger partial charge in [-0.1, -0.05) is 6.92 Å². The molecule has 0 saturated carbocycles. The number of aromatic carboxylic acids is 1. The van der Waals surface area contributed by atoms with Gasteiger partial charge in [-0.25, -0.2) is 17.9 Å². The molecule has 7 nitrogen and oxygen atoms in total. The molecule has 1 unspecified atom stereocenters. The zero-order valence-corrected chi connectivity index (χ0v) is 13.9. The molecule has 0 radical (unpaired) electrons. The summed E-state index contributed by atoms with van der Waals surface area (Å²) in [5.74, 6) is -1.44. The zero-order valence-electron chi connectivity index (χ0n) is 13.1. The molecule has 0 spiro atoms. The number of carbonyl (C=O) groups is 2. The molecule has 2 rings (SSSR count). The third kappa shape index (κ3) is 3.89. The van der Waals surface area contributed by atoms with Crippen LogP contribution in [0.1, 0.15) is 39.6 Å². The van der Waals surface area contributed by atoms with Crippen molar-refractivity contribution in [3.05, 3.63) is 34.9 Å². The molecule has 1 heterocycles. The Morgan fingerprint density at radius 2 is 1.96 bits per heavy atom. The Morgan fingerprint density at radius 1 is 1.30 bits per heavy atom. The summed E-state index contributed by atoms with van der Waals surface area (Å²) in [6.45, 7) is 4.18. The van der Waals surface area contributed by atoms with Gasteiger partial charge in [0.05, 0.1) is 10.8 Å². The molecule has 1 fully saturated rings. The van der Waals surface area contributed by atoms with Crippen LogP contribution in [0.15, 0.2) is 18.2 Å². The average molecular weight is 340 g/mol. The van der Waals surface area contributed by atoms with Crippen molar-refractivity contribution in [2.24, 2.45) is 0 Å². The Morgan fingerprint density at radius 3 is 2.57 bits per heavy atom. The van der Waals surface area contributed by atoms with Crippen LogP contribution in [0, 0.1) is 6.92 Å². The van der Waals surface area contributed by atoms with Gasteiger partial charge < -0.3 is 10.0 Å². The van der Waals surface area contributed by atoms with Crippen LogP contribution in [0.3, 0.4) is 0 Å². The molecular formula is C15H20N2O5S. The molecule has 1 atom stereocenters. The number of amides is 1. The topological polar surface area (TPSA) is 104 Å². The lowest BCUT2D eigenvalue weighted by Crippen LogP contribution is -2.37. The van der Waals surface area contributed by atoms with E-state index in [0.29, 0.717) is 25.1 Å². The number of carbonyl (C=O) groups excluding carboxylic acids is 1. The summed E-state index contributed by atoms with van der Waals surface area (Å²) in [5.41, 5.74) is 0.984. The average Bonchev–Trinajstić information content (AvgIpc) is 2.96. The van der Waals surface area contributed by atoms with Crippen LogP contribution in [0.25, 0.3) is 0 Å². The summed E-state index contributed by atoms with van der Waals surface area (Å²) >= 11 is 0. The van der Waals surface area contributed by atoms with Gasteiger partial charge in [-0.05, 0) is 37.1 Å². The molecule has 1 amide bonds. The molecule has 1 aromatic carbocycles. The van der Waals surface area contributed by atoms with E-state index < -0.39 is 21.2 Å². The smallest absolute Gasteiger partial charge is 0.335 e. The lowest BCUT2D eigenvalue weighted by Gasteiger charge is -2.17. The number of benzene rings is 1. The molecule has 8 heteroatoms. The van der Waals surface area contributed by atoms with Gasteiger partial charge in [0.25, 0.3) is 5.91 Å². The van der Waals surface area contributed by atoms with Crippen molar-refractivity contribution in [1.82, 2.24) is 9.62 Å². The first-order valence-electron chi connectivity index (χ1n) is 7.37. The van der Waals surface area contributed by atoms with Crippen LogP contribution in [0.2, 0.25) is 0 Å². The maximum absolute atomic E-state index is 12.5. The van der Waals surface area contributed by atoms with Crippen LogP contribution in [0.4, 0.5) is 0 Å². The normalized spacial score (nSPS) is 18.2. The molecule has 126 valence electrons. The lowest BCUT2D eigenvalue weighted by atomic mass is 10.1. The Balaban J connectivity index is 2.18. The van der Waals surface area contributed by atoms with Crippen molar-refractivity contribution in [2.45, 2.75) is 25.5 Å². The van der Waals surface area contributed by atoms with E-state index in [9.17, 15) is 18.0 Å². The summed E-state index contributed by atoms with van der Waals surface area (Å²) in [6.07, 6.45) is 0.374. The molecule has 0 aromatic heterocycles. The fraction of sp³-hybridized carbons (Fsp3) is 0.467. The first kappa shape index (κ1) is 17.4. The standard InChI is InChI=1S/C15H20N2O5S/c1-3-16-23(21,22)13-4-5-17(9-13)14(18)11-6-10(2)7-12(8-11)15(19)20/h6-8,13,16H,3-5,9H2,1-2H3,(H,19,20). The minimum absolute atomic E-state index is 0.0457. The highest BCUT2D eigenvalue weighted by Crippen LogP contribution is 2.20. The highest BCUT2D eigenvalue weighted by Gasteiger charge is 2.35. The number of hydrogen-bond acceptors (Lipinski definition) is 4. The summed E-state index contributed by atoms with van der Waals surface area (Å²) < 4.78 is 26.5. The molecule has 1 aliphatic rings. The largest absolute Gasteiger partial charge is 0.478 e. The minimum Gasteiger partial charge on any atom is -0.478 e. The molecule has 1 saturated heterocycles. The van der Waals surface area contributed by atoms with E-state index in [-0.39, 0.29) is 23.6 Å². The van der Waals surface area contributed by atoms with Gasteiger partial charge in [0, 0.05) is 25.2 Å². The van der Waals surface area contributed by atoms with Crippen LogP contribution >= 0.6 is 0 Å². The van der Waals surface area contributed by atoms with Crippen molar-refractivity contribution in [3.63, 3.8) is 0 Å². The summed E-state index contributed by atoms with van der Waals surface area (Å²) in [4.78, 5) is 25.1. The molecule has 1 aliphatic heterocycles. The molecule has 0 aliphatic carbocycles. The highest BCUT2D eigenvalue weighted by atomic mass is 32.2. The van der Waals surface area contributed by atoms with Crippen LogP contribution in [-0.2, 0) is 10.0 Å². The second-order valence-electron chi connectivity index (χ2n) is 5.60. The van der Waals surface area contributed by atoms with Crippen molar-refractivity contribution < 1.29 is 23.1 Å². The van der Waals surface area contributed by atoms with Crippen LogP contribution < -0.4 is 4.72 Å². The molecule has 2 N–H and O–H groups in total. The van der Waals surface area contributed by atoms with E-state index in [1.807, 2.05) is 0 Å². The monoisotopic (exact) mass is 340 g/mol. The van der Waals surface area contributed by atoms with E-state index in [1.165, 1.54) is 17.0 Å². The number of hydrogen-bond donors (Lipinski definition) is 2. The SMILES string of the molecule is CCNS(=O)(=O)C1CCN(C(=O)c2cc(C)cc(C(=O)O)c2)C1. The number of carboxylic acid groups (broad SMARTS) is 1. The number of carboxylic acids is 1. The van der Waals surface area contributed by atoms with Gasteiger partial charge in [-0.15, -0.1) is 0 Å². The van der Waals surface area contributed by atoms with Crippen molar-refractivity contribution in [3.8, 4) is 0 Å². The predicted octanol–water partition coefficient (Wildman–Crippen LogP) is 0.847. The molecule has 1 aromatic rings. The minimum atomic E-state index is -3.43. The quantitative estimate of drug-likeness (QED) is 0.827. The van der Waals surface area contributed by atoms with E-state index in [4.69, 9.17) is 5.11 Å². The van der Waals surface area contributed by atoms with E-state index in [2.05, 4.69) is 4.72 Å². The van der Waals surface area contributed by atoms with Gasteiger partial charge in [-0.2, -0.15) is 0 Å². The Hall–Kier alpha value is -1.93. The number of sulfonamides is 1. The summed E-state index contributed by atoms with van der Waals surface area (Å²) in [5, 5.41) is 8.45. The van der Waals surface area contributed by atoms with Gasteiger partial charge >= 0.3 is 5.97 Å². The Bertz CT molecular complexity index is 729. The number of nitrogens with one attached hydrogen (secondary N) is 1. The van der Waals surface area contributed by atoms with Crippen LogP contribution in [-0.4, -0.2) is 55.2 Å². The lowest BCUT2D eigenvalue weighted by molar-refractivity contribution is 0.0696. The third-order valence-electron chi connectivity index (χ3n) is 3.79. The fourth-order valence-electron chi connectivity index (χ4n) is 2.70. The van der Waals surface area contributed by atoms with E-state index in [1.54, 1.807) is 19.9 Å².